The fourth-order valence-corrected chi connectivity index (χ4v) is 3.26. The molecule has 2 unspecified atom stereocenters. The minimum atomic E-state index is -0.634. The van der Waals surface area contributed by atoms with Gasteiger partial charge in [0.1, 0.15) is 6.04 Å². The van der Waals surface area contributed by atoms with Crippen LogP contribution in [0.2, 0.25) is 5.02 Å². The van der Waals surface area contributed by atoms with Crippen LogP contribution < -0.4 is 0 Å². The highest BCUT2D eigenvalue weighted by atomic mass is 35.5. The van der Waals surface area contributed by atoms with Crippen LogP contribution in [0.15, 0.2) is 35.9 Å². The number of halogens is 1. The molecule has 1 aromatic rings. The van der Waals surface area contributed by atoms with Crippen molar-refractivity contribution in [3.05, 3.63) is 46.5 Å². The first-order chi connectivity index (χ1) is 11.5. The molecule has 1 heterocycles. The smallest absolute Gasteiger partial charge is 0.330 e. The molecule has 1 aliphatic heterocycles. The Hall–Kier alpha value is -1.50. The molecule has 0 saturated carbocycles. The van der Waals surface area contributed by atoms with Gasteiger partial charge in [0.25, 0.3) is 0 Å². The number of carbonyl (C=O) groups excluding carboxylic acids is 2. The van der Waals surface area contributed by atoms with Crippen LogP contribution in [0.4, 0.5) is 0 Å². The van der Waals surface area contributed by atoms with Gasteiger partial charge in [0.2, 0.25) is 0 Å². The Labute approximate surface area is 152 Å². The quantitative estimate of drug-likeness (QED) is 0.502. The van der Waals surface area contributed by atoms with E-state index in [1.54, 1.807) is 12.1 Å². The fourth-order valence-electron chi connectivity index (χ4n) is 2.75. The van der Waals surface area contributed by atoms with Gasteiger partial charge in [-0.05, 0) is 23.6 Å². The summed E-state index contributed by atoms with van der Waals surface area (Å²) in [5.41, 5.74) is 1.48. The highest BCUT2D eigenvalue weighted by Crippen LogP contribution is 2.33. The molecule has 1 fully saturated rings. The van der Waals surface area contributed by atoms with Crippen molar-refractivity contribution < 1.29 is 19.1 Å². The number of likely N-dealkylation sites (tertiary alicyclic amines) is 1. The van der Waals surface area contributed by atoms with Crippen LogP contribution in [0.3, 0.4) is 0 Å². The first kappa shape index (κ1) is 18.8. The summed E-state index contributed by atoms with van der Waals surface area (Å²) in [4.78, 5) is 25.9. The van der Waals surface area contributed by atoms with E-state index >= 15 is 0 Å². The van der Waals surface area contributed by atoms with Gasteiger partial charge in [-0.25, -0.2) is 9.59 Å². The summed E-state index contributed by atoms with van der Waals surface area (Å²) < 4.78 is 9.66. The molecule has 1 aliphatic rings. The van der Waals surface area contributed by atoms with Gasteiger partial charge in [-0.1, -0.05) is 29.8 Å². The third kappa shape index (κ3) is 4.32. The van der Waals surface area contributed by atoms with Crippen LogP contribution >= 0.6 is 24.2 Å². The van der Waals surface area contributed by atoms with Gasteiger partial charge >= 0.3 is 11.9 Å². The number of esters is 2. The lowest BCUT2D eigenvalue weighted by Crippen LogP contribution is -2.42. The summed E-state index contributed by atoms with van der Waals surface area (Å²) in [5, 5.41) is 0.448. The van der Waals surface area contributed by atoms with Crippen molar-refractivity contribution in [3.63, 3.8) is 0 Å². The molecule has 1 saturated heterocycles. The standard InChI is InChI=1S/C17H20ClNO4S/c1-22-15(20)9-11-10-19(8-7-14(11)24)16(17(21)23-2)12-5-3-4-6-13(12)18/h3-6,9,14,16,24H,7-8,10H2,1-2H3. The zero-order valence-electron chi connectivity index (χ0n) is 13.6. The molecular formula is C17H20ClNO4S. The molecule has 1 aromatic carbocycles. The number of carbonyl (C=O) groups is 2. The maximum atomic E-state index is 12.4. The van der Waals surface area contributed by atoms with Crippen LogP contribution in [0.5, 0.6) is 0 Å². The Balaban J connectivity index is 2.34. The van der Waals surface area contributed by atoms with Crippen LogP contribution in [0.1, 0.15) is 18.0 Å². The number of hydrogen-bond donors (Lipinski definition) is 1. The SMILES string of the molecule is COC(=O)C=C1CN(C(C(=O)OC)c2ccccc2Cl)CCC1S. The zero-order chi connectivity index (χ0) is 17.7. The second kappa shape index (κ2) is 8.55. The van der Waals surface area contributed by atoms with Crippen molar-refractivity contribution in [1.82, 2.24) is 4.90 Å². The first-order valence-electron chi connectivity index (χ1n) is 7.50. The number of benzene rings is 1. The van der Waals surface area contributed by atoms with Gasteiger partial charge < -0.3 is 9.47 Å². The summed E-state index contributed by atoms with van der Waals surface area (Å²) in [6.07, 6.45) is 2.13. The molecule has 0 aromatic heterocycles. The van der Waals surface area contributed by atoms with E-state index in [2.05, 4.69) is 17.4 Å². The summed E-state index contributed by atoms with van der Waals surface area (Å²) >= 11 is 10.8. The van der Waals surface area contributed by atoms with E-state index < -0.39 is 18.0 Å². The largest absolute Gasteiger partial charge is 0.468 e. The number of methoxy groups -OCH3 is 2. The third-order valence-electron chi connectivity index (χ3n) is 4.00. The van der Waals surface area contributed by atoms with Crippen LogP contribution in [-0.4, -0.2) is 49.4 Å². The van der Waals surface area contributed by atoms with E-state index in [1.807, 2.05) is 17.0 Å². The molecule has 0 N–H and O–H groups in total. The molecule has 7 heteroatoms. The summed E-state index contributed by atoms with van der Waals surface area (Å²) in [6, 6.07) is 6.55. The average molecular weight is 370 g/mol. The molecule has 0 aliphatic carbocycles. The maximum Gasteiger partial charge on any atom is 0.330 e. The minimum Gasteiger partial charge on any atom is -0.468 e. The molecule has 0 spiro atoms. The number of thiol groups is 1. The van der Waals surface area contributed by atoms with Crippen molar-refractivity contribution in [1.29, 1.82) is 0 Å². The topological polar surface area (TPSA) is 55.8 Å². The van der Waals surface area contributed by atoms with E-state index in [9.17, 15) is 9.59 Å². The number of piperidine rings is 1. The van der Waals surface area contributed by atoms with E-state index in [4.69, 9.17) is 16.3 Å². The predicted octanol–water partition coefficient (Wildman–Crippen LogP) is 2.66. The number of nitrogens with zero attached hydrogens (tertiary/aromatic N) is 1. The van der Waals surface area contributed by atoms with Crippen LogP contribution in [-0.2, 0) is 19.1 Å². The Bertz CT molecular complexity index is 649. The molecule has 0 bridgehead atoms. The van der Waals surface area contributed by atoms with Gasteiger partial charge in [0.15, 0.2) is 0 Å². The second-order valence-corrected chi connectivity index (χ2v) is 6.50. The monoisotopic (exact) mass is 369 g/mol. The van der Waals surface area contributed by atoms with Gasteiger partial charge in [-0.15, -0.1) is 0 Å². The van der Waals surface area contributed by atoms with E-state index in [1.165, 1.54) is 20.3 Å². The van der Waals surface area contributed by atoms with Gasteiger partial charge in [-0.2, -0.15) is 12.6 Å². The normalized spacial score (nSPS) is 21.3. The highest BCUT2D eigenvalue weighted by molar-refractivity contribution is 7.81. The lowest BCUT2D eigenvalue weighted by atomic mass is 9.98. The maximum absolute atomic E-state index is 12.4. The van der Waals surface area contributed by atoms with Crippen molar-refractivity contribution in [2.24, 2.45) is 0 Å². The summed E-state index contributed by atoms with van der Waals surface area (Å²) in [7, 11) is 2.68. The molecule has 0 amide bonds. The summed E-state index contributed by atoms with van der Waals surface area (Å²) in [6.45, 7) is 1.05. The Morgan fingerprint density at radius 3 is 2.67 bits per heavy atom. The Kier molecular flexibility index (Phi) is 6.71. The number of rotatable bonds is 4. The second-order valence-electron chi connectivity index (χ2n) is 5.46. The predicted molar refractivity (Wildman–Crippen MR) is 95.3 cm³/mol. The van der Waals surface area contributed by atoms with Crippen molar-refractivity contribution >= 4 is 36.2 Å². The zero-order valence-corrected chi connectivity index (χ0v) is 15.2. The minimum absolute atomic E-state index is 0.0510. The molecule has 130 valence electrons. The van der Waals surface area contributed by atoms with E-state index in [-0.39, 0.29) is 5.25 Å². The summed E-state index contributed by atoms with van der Waals surface area (Å²) in [5.74, 6) is -0.823. The molecule has 2 rings (SSSR count). The van der Waals surface area contributed by atoms with Gasteiger partial charge in [-0.3, -0.25) is 4.90 Å². The van der Waals surface area contributed by atoms with Gasteiger partial charge in [0.05, 0.1) is 14.2 Å². The van der Waals surface area contributed by atoms with Crippen molar-refractivity contribution in [3.8, 4) is 0 Å². The number of ether oxygens (including phenoxy) is 2. The third-order valence-corrected chi connectivity index (χ3v) is 4.93. The Morgan fingerprint density at radius 2 is 2.04 bits per heavy atom. The molecule has 2 atom stereocenters. The number of hydrogen-bond acceptors (Lipinski definition) is 6. The van der Waals surface area contributed by atoms with E-state index in [0.717, 1.165) is 5.57 Å². The van der Waals surface area contributed by atoms with Crippen LogP contribution in [0, 0.1) is 0 Å². The lowest BCUT2D eigenvalue weighted by Gasteiger charge is -2.36. The average Bonchev–Trinajstić information content (AvgIpc) is 2.59. The fraction of sp³-hybridized carbons (Fsp3) is 0.412. The van der Waals surface area contributed by atoms with Gasteiger partial charge in [0, 0.05) is 29.4 Å². The van der Waals surface area contributed by atoms with E-state index in [0.29, 0.717) is 30.1 Å². The van der Waals surface area contributed by atoms with Crippen LogP contribution in [0.25, 0.3) is 0 Å². The molecule has 0 radical (unpaired) electrons. The molecular weight excluding hydrogens is 350 g/mol. The Morgan fingerprint density at radius 1 is 1.33 bits per heavy atom. The highest BCUT2D eigenvalue weighted by Gasteiger charge is 2.34. The first-order valence-corrected chi connectivity index (χ1v) is 8.40. The molecule has 24 heavy (non-hydrogen) atoms. The van der Waals surface area contributed by atoms with Crippen molar-refractivity contribution in [2.75, 3.05) is 27.3 Å². The molecule has 5 nitrogen and oxygen atoms in total. The van der Waals surface area contributed by atoms with Crippen molar-refractivity contribution in [2.45, 2.75) is 17.7 Å². The lowest BCUT2D eigenvalue weighted by molar-refractivity contribution is -0.147.